The number of rotatable bonds is 2. The van der Waals surface area contributed by atoms with Crippen LogP contribution in [0.5, 0.6) is 0 Å². The molecular formula is C14H23N3O2. The van der Waals surface area contributed by atoms with Gasteiger partial charge < -0.3 is 14.6 Å². The number of hydrogen-bond acceptors (Lipinski definition) is 5. The number of nitrogens with zero attached hydrogens (tertiary/aromatic N) is 2. The third-order valence-electron chi connectivity index (χ3n) is 4.38. The molecule has 19 heavy (non-hydrogen) atoms. The number of aromatic nitrogens is 2. The monoisotopic (exact) mass is 265 g/mol. The SMILES string of the molecule is CC1(C)CCC(c2noc(C3COCCN3)n2)CC1. The smallest absolute Gasteiger partial charge is 0.246 e. The Labute approximate surface area is 114 Å². The summed E-state index contributed by atoms with van der Waals surface area (Å²) >= 11 is 0. The van der Waals surface area contributed by atoms with Crippen molar-refractivity contribution in [2.75, 3.05) is 19.8 Å². The minimum absolute atomic E-state index is 0.0648. The van der Waals surface area contributed by atoms with E-state index in [4.69, 9.17) is 9.26 Å². The predicted molar refractivity (Wildman–Crippen MR) is 70.9 cm³/mol. The second-order valence-corrected chi connectivity index (χ2v) is 6.51. The molecule has 0 amide bonds. The lowest BCUT2D eigenvalue weighted by molar-refractivity contribution is 0.0659. The molecule has 2 fully saturated rings. The Bertz CT molecular complexity index is 414. The van der Waals surface area contributed by atoms with Crippen LogP contribution >= 0.6 is 0 Å². The lowest BCUT2D eigenvalue weighted by Gasteiger charge is -2.32. The Morgan fingerprint density at radius 1 is 1.26 bits per heavy atom. The minimum atomic E-state index is 0.0648. The largest absolute Gasteiger partial charge is 0.378 e. The second kappa shape index (κ2) is 5.21. The quantitative estimate of drug-likeness (QED) is 0.889. The van der Waals surface area contributed by atoms with Crippen LogP contribution in [-0.2, 0) is 4.74 Å². The highest BCUT2D eigenvalue weighted by Crippen LogP contribution is 2.41. The van der Waals surface area contributed by atoms with E-state index in [1.54, 1.807) is 0 Å². The van der Waals surface area contributed by atoms with Gasteiger partial charge in [-0.2, -0.15) is 4.98 Å². The number of nitrogens with one attached hydrogen (secondary N) is 1. The Balaban J connectivity index is 1.64. The Morgan fingerprint density at radius 2 is 2.05 bits per heavy atom. The van der Waals surface area contributed by atoms with Gasteiger partial charge in [0.05, 0.1) is 13.2 Å². The van der Waals surface area contributed by atoms with E-state index in [0.717, 1.165) is 19.0 Å². The van der Waals surface area contributed by atoms with Gasteiger partial charge in [-0.15, -0.1) is 0 Å². The molecule has 106 valence electrons. The van der Waals surface area contributed by atoms with Crippen molar-refractivity contribution < 1.29 is 9.26 Å². The topological polar surface area (TPSA) is 60.2 Å². The van der Waals surface area contributed by atoms with Crippen LogP contribution in [0, 0.1) is 5.41 Å². The van der Waals surface area contributed by atoms with Gasteiger partial charge in [0.15, 0.2) is 5.82 Å². The van der Waals surface area contributed by atoms with Crippen LogP contribution < -0.4 is 5.32 Å². The van der Waals surface area contributed by atoms with Gasteiger partial charge in [-0.1, -0.05) is 19.0 Å². The number of hydrogen-bond donors (Lipinski definition) is 1. The van der Waals surface area contributed by atoms with E-state index in [1.165, 1.54) is 25.7 Å². The molecule has 1 unspecified atom stereocenters. The zero-order chi connectivity index (χ0) is 13.3. The van der Waals surface area contributed by atoms with Crippen LogP contribution in [-0.4, -0.2) is 29.9 Å². The lowest BCUT2D eigenvalue weighted by atomic mass is 9.73. The Hall–Kier alpha value is -0.940. The molecule has 1 aliphatic heterocycles. The number of ether oxygens (including phenoxy) is 1. The third kappa shape index (κ3) is 2.98. The Kier molecular flexibility index (Phi) is 3.58. The van der Waals surface area contributed by atoms with Crippen molar-refractivity contribution in [2.45, 2.75) is 51.5 Å². The highest BCUT2D eigenvalue weighted by atomic mass is 16.5. The summed E-state index contributed by atoms with van der Waals surface area (Å²) in [4.78, 5) is 4.59. The summed E-state index contributed by atoms with van der Waals surface area (Å²) in [6.45, 7) is 6.91. The summed E-state index contributed by atoms with van der Waals surface area (Å²) in [6.07, 6.45) is 4.82. The molecule has 0 radical (unpaired) electrons. The van der Waals surface area contributed by atoms with Gasteiger partial charge >= 0.3 is 0 Å². The summed E-state index contributed by atoms with van der Waals surface area (Å²) < 4.78 is 10.8. The molecule has 0 spiro atoms. The average molecular weight is 265 g/mol. The first-order valence-electron chi connectivity index (χ1n) is 7.29. The van der Waals surface area contributed by atoms with Crippen LogP contribution in [0.1, 0.15) is 63.2 Å². The van der Waals surface area contributed by atoms with Crippen molar-refractivity contribution in [3.05, 3.63) is 11.7 Å². The van der Waals surface area contributed by atoms with Crippen molar-refractivity contribution in [2.24, 2.45) is 5.41 Å². The summed E-state index contributed by atoms with van der Waals surface area (Å²) in [5, 5.41) is 7.52. The van der Waals surface area contributed by atoms with Gasteiger partial charge in [0.2, 0.25) is 5.89 Å². The molecule has 1 aliphatic carbocycles. The molecule has 0 bridgehead atoms. The van der Waals surface area contributed by atoms with Crippen molar-refractivity contribution >= 4 is 0 Å². The van der Waals surface area contributed by atoms with E-state index >= 15 is 0 Å². The van der Waals surface area contributed by atoms with E-state index in [2.05, 4.69) is 29.3 Å². The van der Waals surface area contributed by atoms with E-state index in [1.807, 2.05) is 0 Å². The second-order valence-electron chi connectivity index (χ2n) is 6.51. The van der Waals surface area contributed by atoms with E-state index in [0.29, 0.717) is 23.8 Å². The van der Waals surface area contributed by atoms with Gasteiger partial charge in [-0.05, 0) is 31.1 Å². The fraction of sp³-hybridized carbons (Fsp3) is 0.857. The minimum Gasteiger partial charge on any atom is -0.378 e. The van der Waals surface area contributed by atoms with Crippen LogP contribution in [0.3, 0.4) is 0 Å². The van der Waals surface area contributed by atoms with Crippen molar-refractivity contribution in [3.8, 4) is 0 Å². The highest BCUT2D eigenvalue weighted by molar-refractivity contribution is 5.01. The van der Waals surface area contributed by atoms with Crippen molar-refractivity contribution in [3.63, 3.8) is 0 Å². The zero-order valence-electron chi connectivity index (χ0n) is 11.8. The maximum Gasteiger partial charge on any atom is 0.246 e. The predicted octanol–water partition coefficient (Wildman–Crippen LogP) is 2.41. The van der Waals surface area contributed by atoms with Crippen molar-refractivity contribution in [1.82, 2.24) is 15.5 Å². The average Bonchev–Trinajstić information content (AvgIpc) is 2.89. The molecule has 1 N–H and O–H groups in total. The van der Waals surface area contributed by atoms with Crippen LogP contribution in [0.15, 0.2) is 4.52 Å². The Morgan fingerprint density at radius 3 is 2.74 bits per heavy atom. The maximum absolute atomic E-state index is 5.43. The highest BCUT2D eigenvalue weighted by Gasteiger charge is 2.31. The summed E-state index contributed by atoms with van der Waals surface area (Å²) in [7, 11) is 0. The van der Waals surface area contributed by atoms with Crippen LogP contribution in [0.2, 0.25) is 0 Å². The van der Waals surface area contributed by atoms with Gasteiger partial charge in [-0.3, -0.25) is 0 Å². The van der Waals surface area contributed by atoms with Crippen LogP contribution in [0.25, 0.3) is 0 Å². The summed E-state index contributed by atoms with van der Waals surface area (Å²) in [6, 6.07) is 0.0648. The molecular weight excluding hydrogens is 242 g/mol. The molecule has 1 saturated heterocycles. The lowest BCUT2D eigenvalue weighted by Crippen LogP contribution is -2.34. The third-order valence-corrected chi connectivity index (χ3v) is 4.38. The standard InChI is InChI=1S/C14H23N3O2/c1-14(2)5-3-10(4-6-14)12-16-13(19-17-12)11-9-18-8-7-15-11/h10-11,15H,3-9H2,1-2H3. The van der Waals surface area contributed by atoms with Gasteiger partial charge in [0, 0.05) is 12.5 Å². The normalized spacial score (nSPS) is 28.4. The first-order chi connectivity index (χ1) is 9.14. The van der Waals surface area contributed by atoms with E-state index in [9.17, 15) is 0 Å². The first kappa shape index (κ1) is 13.1. The molecule has 5 nitrogen and oxygen atoms in total. The molecule has 5 heteroatoms. The fourth-order valence-corrected chi connectivity index (χ4v) is 2.94. The molecule has 2 aliphatic rings. The fourth-order valence-electron chi connectivity index (χ4n) is 2.94. The zero-order valence-corrected chi connectivity index (χ0v) is 11.8. The summed E-state index contributed by atoms with van der Waals surface area (Å²) in [5.41, 5.74) is 0.474. The molecule has 1 atom stereocenters. The van der Waals surface area contributed by atoms with Crippen LogP contribution in [0.4, 0.5) is 0 Å². The molecule has 2 heterocycles. The maximum atomic E-state index is 5.43. The van der Waals surface area contributed by atoms with Crippen molar-refractivity contribution in [1.29, 1.82) is 0 Å². The van der Waals surface area contributed by atoms with Gasteiger partial charge in [0.25, 0.3) is 0 Å². The molecule has 1 saturated carbocycles. The summed E-state index contributed by atoms with van der Waals surface area (Å²) in [5.74, 6) is 2.03. The van der Waals surface area contributed by atoms with Gasteiger partial charge in [0.1, 0.15) is 6.04 Å². The van der Waals surface area contributed by atoms with E-state index < -0.39 is 0 Å². The van der Waals surface area contributed by atoms with E-state index in [-0.39, 0.29) is 6.04 Å². The molecule has 0 aromatic carbocycles. The first-order valence-corrected chi connectivity index (χ1v) is 7.29. The molecule has 1 aromatic heterocycles. The molecule has 3 rings (SSSR count). The molecule has 1 aromatic rings. The number of morpholine rings is 1. The van der Waals surface area contributed by atoms with Gasteiger partial charge in [-0.25, -0.2) is 0 Å².